The molecule has 3 aromatic rings. The smallest absolute Gasteiger partial charge is 0.222 e. The molecule has 1 N–H and O–H groups in total. The number of carbonyl (C=O) groups is 1. The lowest BCUT2D eigenvalue weighted by Gasteiger charge is -2.11. The lowest BCUT2D eigenvalue weighted by molar-refractivity contribution is -0.114. The van der Waals surface area contributed by atoms with Crippen LogP contribution in [0.3, 0.4) is 0 Å². The van der Waals surface area contributed by atoms with Crippen molar-refractivity contribution in [1.82, 2.24) is 9.97 Å². The predicted octanol–water partition coefficient (Wildman–Crippen LogP) is 3.80. The molecule has 0 fully saturated rings. The van der Waals surface area contributed by atoms with Crippen LogP contribution >= 0.6 is 0 Å². The maximum atomic E-state index is 14.3. The number of nitrogens with one attached hydrogen (secondary N) is 1. The van der Waals surface area contributed by atoms with Crippen molar-refractivity contribution in [2.24, 2.45) is 0 Å². The van der Waals surface area contributed by atoms with Crippen molar-refractivity contribution in [2.45, 2.75) is 24.5 Å². The van der Waals surface area contributed by atoms with Gasteiger partial charge in [0.1, 0.15) is 28.2 Å². The van der Waals surface area contributed by atoms with E-state index in [4.69, 9.17) is 0 Å². The molecule has 0 saturated heterocycles. The fraction of sp³-hybridized carbons (Fsp3) is 0.150. The van der Waals surface area contributed by atoms with E-state index in [0.29, 0.717) is 11.8 Å². The van der Waals surface area contributed by atoms with E-state index in [1.165, 1.54) is 25.3 Å². The normalized spacial score (nSPS) is 11.4. The number of hydrogen-bond donors (Lipinski definition) is 1. The summed E-state index contributed by atoms with van der Waals surface area (Å²) in [5, 5.41) is 2.43. The van der Waals surface area contributed by atoms with E-state index in [-0.39, 0.29) is 22.5 Å². The van der Waals surface area contributed by atoms with Crippen LogP contribution in [0, 0.1) is 24.4 Å². The second-order valence-corrected chi connectivity index (χ2v) is 8.49. The molecule has 30 heavy (non-hydrogen) atoms. The second-order valence-electron chi connectivity index (χ2n) is 6.53. The molecule has 0 radical (unpaired) electrons. The molecular weight excluding hydrogens is 419 g/mol. The van der Waals surface area contributed by atoms with Gasteiger partial charge in [-0.25, -0.2) is 26.6 Å². The highest BCUT2D eigenvalue weighted by Gasteiger charge is 2.22. The molecule has 2 aromatic heterocycles. The average molecular weight is 435 g/mol. The summed E-state index contributed by atoms with van der Waals surface area (Å²) < 4.78 is 66.7. The van der Waals surface area contributed by atoms with Gasteiger partial charge in [-0.15, -0.1) is 0 Å². The average Bonchev–Trinajstić information content (AvgIpc) is 2.64. The lowest BCUT2D eigenvalue weighted by atomic mass is 10.1. The first kappa shape index (κ1) is 21.4. The van der Waals surface area contributed by atoms with E-state index in [2.05, 4.69) is 15.3 Å². The van der Waals surface area contributed by atoms with Gasteiger partial charge in [0.25, 0.3) is 0 Å². The number of hydrogen-bond acceptors (Lipinski definition) is 5. The van der Waals surface area contributed by atoms with Gasteiger partial charge in [-0.05, 0) is 36.8 Å². The third kappa shape index (κ3) is 4.65. The van der Waals surface area contributed by atoms with Crippen LogP contribution in [0.25, 0.3) is 11.1 Å². The van der Waals surface area contributed by atoms with Crippen molar-refractivity contribution in [3.63, 3.8) is 0 Å². The van der Waals surface area contributed by atoms with Crippen molar-refractivity contribution in [1.29, 1.82) is 0 Å². The summed E-state index contributed by atoms with van der Waals surface area (Å²) >= 11 is 0. The monoisotopic (exact) mass is 435 g/mol. The zero-order valence-corrected chi connectivity index (χ0v) is 16.7. The Kier molecular flexibility index (Phi) is 5.88. The first-order chi connectivity index (χ1) is 14.1. The van der Waals surface area contributed by atoms with Crippen LogP contribution in [0.2, 0.25) is 0 Å². The lowest BCUT2D eigenvalue weighted by Crippen LogP contribution is -2.10. The molecule has 2 heterocycles. The standard InChI is InChI=1S/C20H16F3N3O3S/c1-11-14(10-30(28,29)19-4-3-15(21)6-17(19)22)5-13(8-24-11)16-7-20(26-12(2)27)25-9-18(16)23/h3-9H,10H2,1-2H3,(H,25,26,27). The largest absolute Gasteiger partial charge is 0.311 e. The quantitative estimate of drug-likeness (QED) is 0.616. The molecule has 0 aliphatic heterocycles. The minimum absolute atomic E-state index is 0.0489. The number of amides is 1. The molecule has 3 rings (SSSR count). The Morgan fingerprint density at radius 1 is 1.03 bits per heavy atom. The fourth-order valence-corrected chi connectivity index (χ4v) is 4.28. The van der Waals surface area contributed by atoms with E-state index in [1.54, 1.807) is 6.92 Å². The summed E-state index contributed by atoms with van der Waals surface area (Å²) in [6.07, 6.45) is 2.27. The molecule has 0 spiro atoms. The zero-order chi connectivity index (χ0) is 22.1. The summed E-state index contributed by atoms with van der Waals surface area (Å²) in [5.41, 5.74) is 0.861. The van der Waals surface area contributed by atoms with Gasteiger partial charge >= 0.3 is 0 Å². The van der Waals surface area contributed by atoms with E-state index >= 15 is 0 Å². The Labute approximate surface area is 170 Å². The van der Waals surface area contributed by atoms with Gasteiger partial charge in [0, 0.05) is 36.0 Å². The van der Waals surface area contributed by atoms with Gasteiger partial charge in [0.15, 0.2) is 9.84 Å². The summed E-state index contributed by atoms with van der Waals surface area (Å²) in [6, 6.07) is 4.91. The molecule has 0 saturated carbocycles. The summed E-state index contributed by atoms with van der Waals surface area (Å²) in [6.45, 7) is 2.83. The van der Waals surface area contributed by atoms with Gasteiger partial charge in [0.2, 0.25) is 5.91 Å². The number of pyridine rings is 2. The number of aromatic nitrogens is 2. The van der Waals surface area contributed by atoms with E-state index in [9.17, 15) is 26.4 Å². The molecule has 1 amide bonds. The van der Waals surface area contributed by atoms with Crippen LogP contribution in [0.15, 0.2) is 47.6 Å². The Morgan fingerprint density at radius 2 is 1.77 bits per heavy atom. The molecular formula is C20H16F3N3O3S. The molecule has 0 bridgehead atoms. The summed E-state index contributed by atoms with van der Waals surface area (Å²) in [5.74, 6) is -3.69. The number of sulfone groups is 1. The number of rotatable bonds is 5. The fourth-order valence-electron chi connectivity index (χ4n) is 2.79. The molecule has 10 heteroatoms. The first-order valence-electron chi connectivity index (χ1n) is 8.63. The third-order valence-corrected chi connectivity index (χ3v) is 5.93. The van der Waals surface area contributed by atoms with Crippen molar-refractivity contribution in [3.05, 3.63) is 71.4 Å². The Bertz CT molecular complexity index is 1250. The Balaban J connectivity index is 2.01. The van der Waals surface area contributed by atoms with E-state index < -0.39 is 43.8 Å². The number of nitrogens with zero attached hydrogens (tertiary/aromatic N) is 2. The van der Waals surface area contributed by atoms with Crippen molar-refractivity contribution in [3.8, 4) is 11.1 Å². The number of aryl methyl sites for hydroxylation is 1. The summed E-state index contributed by atoms with van der Waals surface area (Å²) in [4.78, 5) is 18.4. The SMILES string of the molecule is CC(=O)Nc1cc(-c2cnc(C)c(CS(=O)(=O)c3ccc(F)cc3F)c2)c(F)cn1. The molecule has 0 aliphatic rings. The Morgan fingerprint density at radius 3 is 2.43 bits per heavy atom. The van der Waals surface area contributed by atoms with E-state index in [0.717, 1.165) is 18.3 Å². The van der Waals surface area contributed by atoms with E-state index in [1.807, 2.05) is 0 Å². The van der Waals surface area contributed by atoms with Crippen LogP contribution < -0.4 is 5.32 Å². The topological polar surface area (TPSA) is 89.0 Å². The molecule has 0 aliphatic carbocycles. The number of benzene rings is 1. The second kappa shape index (κ2) is 8.23. The predicted molar refractivity (Wildman–Crippen MR) is 104 cm³/mol. The molecule has 6 nitrogen and oxygen atoms in total. The van der Waals surface area contributed by atoms with Crippen LogP contribution in [-0.4, -0.2) is 24.3 Å². The van der Waals surface area contributed by atoms with Crippen LogP contribution in [0.4, 0.5) is 19.0 Å². The van der Waals surface area contributed by atoms with Crippen LogP contribution in [0.1, 0.15) is 18.2 Å². The van der Waals surface area contributed by atoms with Gasteiger partial charge in [-0.2, -0.15) is 0 Å². The molecule has 0 unspecified atom stereocenters. The molecule has 1 aromatic carbocycles. The maximum absolute atomic E-state index is 14.3. The van der Waals surface area contributed by atoms with Gasteiger partial charge < -0.3 is 5.32 Å². The molecule has 0 atom stereocenters. The Hall–Kier alpha value is -3.27. The minimum atomic E-state index is -4.16. The highest BCUT2D eigenvalue weighted by molar-refractivity contribution is 7.90. The van der Waals surface area contributed by atoms with Crippen molar-refractivity contribution < 1.29 is 26.4 Å². The van der Waals surface area contributed by atoms with Crippen LogP contribution in [0.5, 0.6) is 0 Å². The maximum Gasteiger partial charge on any atom is 0.222 e. The number of carbonyl (C=O) groups excluding carboxylic acids is 1. The number of halogens is 3. The highest BCUT2D eigenvalue weighted by atomic mass is 32.2. The molecule has 156 valence electrons. The van der Waals surface area contributed by atoms with Gasteiger partial charge in [-0.1, -0.05) is 0 Å². The highest BCUT2D eigenvalue weighted by Crippen LogP contribution is 2.28. The summed E-state index contributed by atoms with van der Waals surface area (Å²) in [7, 11) is -4.16. The van der Waals surface area contributed by atoms with Gasteiger partial charge in [-0.3, -0.25) is 9.78 Å². The van der Waals surface area contributed by atoms with Gasteiger partial charge in [0.05, 0.1) is 11.9 Å². The van der Waals surface area contributed by atoms with Crippen LogP contribution in [-0.2, 0) is 20.4 Å². The first-order valence-corrected chi connectivity index (χ1v) is 10.3. The minimum Gasteiger partial charge on any atom is -0.311 e. The van der Waals surface area contributed by atoms with Crippen molar-refractivity contribution >= 4 is 21.6 Å². The van der Waals surface area contributed by atoms with Crippen molar-refractivity contribution in [2.75, 3.05) is 5.32 Å². The third-order valence-electron chi connectivity index (χ3n) is 4.24. The zero-order valence-electron chi connectivity index (χ0n) is 15.9. The number of anilines is 1.